The minimum Gasteiger partial charge on any atom is -0.507 e. The second kappa shape index (κ2) is 12.1. The molecule has 0 fully saturated rings. The molecule has 0 radical (unpaired) electrons. The van der Waals surface area contributed by atoms with E-state index in [-0.39, 0.29) is 23.7 Å². The molecule has 0 heterocycles. The molecule has 0 spiro atoms. The van der Waals surface area contributed by atoms with Gasteiger partial charge in [0.2, 0.25) is 0 Å². The molecule has 0 aliphatic heterocycles. The smallest absolute Gasteiger partial charge is 0.132 e. The quantitative estimate of drug-likeness (QED) is 0.189. The molecule has 6 rings (SSSR count). The van der Waals surface area contributed by atoms with Gasteiger partial charge in [-0.25, -0.2) is 0 Å². The average molecular weight is 611 g/mol. The van der Waals surface area contributed by atoms with Crippen LogP contribution < -0.4 is 9.47 Å². The van der Waals surface area contributed by atoms with Gasteiger partial charge in [0.15, 0.2) is 0 Å². The summed E-state index contributed by atoms with van der Waals surface area (Å²) >= 11 is 0. The van der Waals surface area contributed by atoms with Gasteiger partial charge in [-0.3, -0.25) is 0 Å². The van der Waals surface area contributed by atoms with Crippen molar-refractivity contribution in [3.63, 3.8) is 0 Å². The lowest BCUT2D eigenvalue weighted by Crippen LogP contribution is -2.08. The molecule has 0 atom stereocenters. The van der Waals surface area contributed by atoms with Crippen molar-refractivity contribution in [1.29, 1.82) is 0 Å². The number of ether oxygens (including phenoxy) is 2. The van der Waals surface area contributed by atoms with Crippen molar-refractivity contribution < 1.29 is 19.7 Å². The van der Waals surface area contributed by atoms with Gasteiger partial charge in [-0.2, -0.15) is 0 Å². The van der Waals surface area contributed by atoms with Crippen LogP contribution in [0.3, 0.4) is 0 Å². The molecule has 0 aliphatic carbocycles. The zero-order chi connectivity index (χ0) is 32.9. The lowest BCUT2D eigenvalue weighted by molar-refractivity contribution is 0.239. The lowest BCUT2D eigenvalue weighted by Gasteiger charge is -2.21. The van der Waals surface area contributed by atoms with Crippen LogP contribution in [0.15, 0.2) is 84.9 Å². The molecule has 0 bridgehead atoms. The largest absolute Gasteiger partial charge is 0.507 e. The molecule has 0 aromatic heterocycles. The lowest BCUT2D eigenvalue weighted by atomic mass is 9.86. The van der Waals surface area contributed by atoms with E-state index in [0.29, 0.717) is 22.3 Å². The number of rotatable bonds is 7. The molecule has 0 unspecified atom stereocenters. The Balaban J connectivity index is 1.66. The number of hydrogen-bond acceptors (Lipinski definition) is 4. The first-order valence-electron chi connectivity index (χ1n) is 16.0. The van der Waals surface area contributed by atoms with Gasteiger partial charge in [-0.05, 0) is 147 Å². The molecule has 0 aliphatic rings. The summed E-state index contributed by atoms with van der Waals surface area (Å²) in [6.07, 6.45) is 0.109. The minimum absolute atomic E-state index is 0.0546. The van der Waals surface area contributed by atoms with E-state index in [2.05, 4.69) is 36.4 Å². The predicted octanol–water partition coefficient (Wildman–Crippen LogP) is 11.2. The Kier molecular flexibility index (Phi) is 8.16. The van der Waals surface area contributed by atoms with Crippen molar-refractivity contribution in [1.82, 2.24) is 0 Å². The van der Waals surface area contributed by atoms with Gasteiger partial charge in [-0.1, -0.05) is 48.5 Å². The van der Waals surface area contributed by atoms with Crippen molar-refractivity contribution in [3.05, 3.63) is 107 Å². The maximum atomic E-state index is 12.3. The summed E-state index contributed by atoms with van der Waals surface area (Å²) in [5.41, 5.74) is 8.41. The molecule has 0 saturated heterocycles. The topological polar surface area (TPSA) is 58.9 Å². The van der Waals surface area contributed by atoms with E-state index >= 15 is 0 Å². The van der Waals surface area contributed by atoms with E-state index in [4.69, 9.17) is 9.47 Å². The van der Waals surface area contributed by atoms with Crippen LogP contribution in [0.4, 0.5) is 0 Å². The standard InChI is InChI=1S/C42H42O4/c1-23(2)45-41-25(5)17-31(18-26(41)6)35-21-29-13-9-11-15-33(29)37(39(35)43)38-34-16-12-10-14-30(34)22-36(40(38)44)32-19-27(7)42(28(8)20-32)46-24(3)4/h9-24,43-44H,1-8H3. The summed E-state index contributed by atoms with van der Waals surface area (Å²) in [5.74, 6) is 1.98. The third-order valence-corrected chi connectivity index (χ3v) is 8.54. The number of fused-ring (bicyclic) bond motifs is 2. The van der Waals surface area contributed by atoms with Crippen LogP contribution in [0.2, 0.25) is 0 Å². The van der Waals surface area contributed by atoms with E-state index in [0.717, 1.165) is 66.4 Å². The zero-order valence-corrected chi connectivity index (χ0v) is 27.9. The third kappa shape index (κ3) is 5.53. The monoisotopic (exact) mass is 610 g/mol. The first-order valence-corrected chi connectivity index (χ1v) is 16.0. The second-order valence-corrected chi connectivity index (χ2v) is 12.9. The fourth-order valence-corrected chi connectivity index (χ4v) is 6.67. The summed E-state index contributed by atoms with van der Waals surface area (Å²) in [7, 11) is 0. The van der Waals surface area contributed by atoms with E-state index in [1.165, 1.54) is 0 Å². The second-order valence-electron chi connectivity index (χ2n) is 12.9. The van der Waals surface area contributed by atoms with Gasteiger partial charge in [0, 0.05) is 22.3 Å². The minimum atomic E-state index is 0.0546. The van der Waals surface area contributed by atoms with Crippen LogP contribution in [0.1, 0.15) is 49.9 Å². The van der Waals surface area contributed by atoms with Gasteiger partial charge in [-0.15, -0.1) is 0 Å². The number of phenols is 2. The summed E-state index contributed by atoms with van der Waals surface area (Å²) in [6.45, 7) is 16.3. The summed E-state index contributed by atoms with van der Waals surface area (Å²) in [6, 6.07) is 28.4. The Bertz CT molecular complexity index is 1920. The van der Waals surface area contributed by atoms with Crippen LogP contribution in [0.5, 0.6) is 23.0 Å². The summed E-state index contributed by atoms with van der Waals surface area (Å²) in [5, 5.41) is 28.2. The van der Waals surface area contributed by atoms with E-state index < -0.39 is 0 Å². The highest BCUT2D eigenvalue weighted by atomic mass is 16.5. The Labute approximate surface area is 271 Å². The summed E-state index contributed by atoms with van der Waals surface area (Å²) in [4.78, 5) is 0. The maximum absolute atomic E-state index is 12.3. The predicted molar refractivity (Wildman–Crippen MR) is 192 cm³/mol. The molecule has 234 valence electrons. The first kappa shape index (κ1) is 31.0. The molecule has 4 nitrogen and oxygen atoms in total. The van der Waals surface area contributed by atoms with Gasteiger partial charge in [0.25, 0.3) is 0 Å². The van der Waals surface area contributed by atoms with Crippen molar-refractivity contribution >= 4 is 21.5 Å². The molecule has 6 aromatic rings. The van der Waals surface area contributed by atoms with Gasteiger partial charge in [0.1, 0.15) is 23.0 Å². The van der Waals surface area contributed by atoms with Crippen LogP contribution >= 0.6 is 0 Å². The van der Waals surface area contributed by atoms with Crippen LogP contribution in [-0.2, 0) is 0 Å². The van der Waals surface area contributed by atoms with E-state index in [9.17, 15) is 10.2 Å². The number of benzene rings is 6. The van der Waals surface area contributed by atoms with Gasteiger partial charge in [0.05, 0.1) is 12.2 Å². The maximum Gasteiger partial charge on any atom is 0.132 e. The average Bonchev–Trinajstić information content (AvgIpc) is 3.00. The molecule has 6 aromatic carbocycles. The highest BCUT2D eigenvalue weighted by molar-refractivity contribution is 6.14. The highest BCUT2D eigenvalue weighted by Gasteiger charge is 2.24. The Morgan fingerprint density at radius 2 is 0.804 bits per heavy atom. The number of aromatic hydroxyl groups is 2. The SMILES string of the molecule is Cc1cc(-c2cc3ccccc3c(-c3c(O)c(-c4cc(C)c(OC(C)C)c(C)c4)cc4ccccc34)c2O)cc(C)c1OC(C)C. The van der Waals surface area contributed by atoms with E-state index in [1.807, 2.05) is 104 Å². The Morgan fingerprint density at radius 3 is 1.13 bits per heavy atom. The van der Waals surface area contributed by atoms with Crippen molar-refractivity contribution in [2.45, 2.75) is 67.6 Å². The fourth-order valence-electron chi connectivity index (χ4n) is 6.67. The van der Waals surface area contributed by atoms with Crippen molar-refractivity contribution in [2.24, 2.45) is 0 Å². The van der Waals surface area contributed by atoms with Crippen molar-refractivity contribution in [3.8, 4) is 56.4 Å². The fraction of sp³-hybridized carbons (Fsp3) is 0.238. The van der Waals surface area contributed by atoms with Crippen molar-refractivity contribution in [2.75, 3.05) is 0 Å². The molecular weight excluding hydrogens is 568 g/mol. The number of hydrogen-bond donors (Lipinski definition) is 2. The molecular formula is C42H42O4. The molecule has 2 N–H and O–H groups in total. The van der Waals surface area contributed by atoms with Crippen LogP contribution in [0.25, 0.3) is 54.9 Å². The molecule has 0 amide bonds. The number of phenolic OH excluding ortho intramolecular Hbond substituents is 2. The zero-order valence-electron chi connectivity index (χ0n) is 27.9. The molecule has 4 heteroatoms. The van der Waals surface area contributed by atoms with Gasteiger partial charge >= 0.3 is 0 Å². The van der Waals surface area contributed by atoms with Crippen LogP contribution in [-0.4, -0.2) is 22.4 Å². The van der Waals surface area contributed by atoms with Crippen LogP contribution in [0, 0.1) is 27.7 Å². The van der Waals surface area contributed by atoms with E-state index in [1.54, 1.807) is 0 Å². The Hall–Kier alpha value is -4.96. The third-order valence-electron chi connectivity index (χ3n) is 8.54. The Morgan fingerprint density at radius 1 is 0.478 bits per heavy atom. The molecule has 46 heavy (non-hydrogen) atoms. The number of aryl methyl sites for hydroxylation is 4. The normalized spacial score (nSPS) is 11.6. The van der Waals surface area contributed by atoms with Gasteiger partial charge < -0.3 is 19.7 Å². The first-order chi connectivity index (χ1) is 21.9. The highest BCUT2D eigenvalue weighted by Crippen LogP contribution is 2.52. The molecule has 0 saturated carbocycles. The summed E-state index contributed by atoms with van der Waals surface area (Å²) < 4.78 is 12.2.